The molecule has 3 heteroatoms. The van der Waals surface area contributed by atoms with Gasteiger partial charge in [0.1, 0.15) is 0 Å². The number of ether oxygens (including phenoxy) is 1. The highest BCUT2D eigenvalue weighted by Crippen LogP contribution is 2.51. The van der Waals surface area contributed by atoms with E-state index in [-0.39, 0.29) is 11.5 Å². The zero-order valence-electron chi connectivity index (χ0n) is 10.6. The molecule has 2 saturated heterocycles. The van der Waals surface area contributed by atoms with Crippen molar-refractivity contribution in [1.29, 1.82) is 0 Å². The highest BCUT2D eigenvalue weighted by atomic mass is 16.5. The number of hydrogen-bond acceptors (Lipinski definition) is 3. The fraction of sp³-hybridized carbons (Fsp3) is 0.600. The first kappa shape index (κ1) is 12.2. The van der Waals surface area contributed by atoms with Gasteiger partial charge in [-0.2, -0.15) is 0 Å². The lowest BCUT2D eigenvalue weighted by Crippen LogP contribution is -2.40. The Labute approximate surface area is 108 Å². The van der Waals surface area contributed by atoms with Crippen molar-refractivity contribution in [3.63, 3.8) is 0 Å². The van der Waals surface area contributed by atoms with Crippen LogP contribution in [0.2, 0.25) is 0 Å². The highest BCUT2D eigenvalue weighted by Gasteiger charge is 2.52. The van der Waals surface area contributed by atoms with Gasteiger partial charge in [0.15, 0.2) is 0 Å². The number of fused-ring (bicyclic) bond motifs is 2. The number of rotatable bonds is 4. The molecule has 4 unspecified atom stereocenters. The molecule has 0 amide bonds. The van der Waals surface area contributed by atoms with Crippen LogP contribution >= 0.6 is 0 Å². The van der Waals surface area contributed by atoms with E-state index in [0.717, 1.165) is 24.8 Å². The van der Waals surface area contributed by atoms with Crippen molar-refractivity contribution >= 4 is 0 Å². The van der Waals surface area contributed by atoms with Gasteiger partial charge in [-0.05, 0) is 31.2 Å². The van der Waals surface area contributed by atoms with Gasteiger partial charge >= 0.3 is 0 Å². The molecule has 3 rings (SSSR count). The van der Waals surface area contributed by atoms with Gasteiger partial charge in [-0.25, -0.2) is 0 Å². The summed E-state index contributed by atoms with van der Waals surface area (Å²) in [5, 5.41) is 10.4. The standard InChI is InChI=1S/C15H21NO2/c16-10-15(8-12-6-7-14(15)18-12)9-13(17)11-4-2-1-3-5-11/h1-5,12-14,17H,6-10,16H2. The maximum atomic E-state index is 10.4. The quantitative estimate of drug-likeness (QED) is 0.855. The summed E-state index contributed by atoms with van der Waals surface area (Å²) in [6, 6.07) is 9.84. The average Bonchev–Trinajstić information content (AvgIpc) is 3.00. The summed E-state index contributed by atoms with van der Waals surface area (Å²) in [6.07, 6.45) is 4.19. The van der Waals surface area contributed by atoms with Crippen LogP contribution in [0, 0.1) is 5.41 Å². The zero-order chi connectivity index (χ0) is 12.6. The molecule has 98 valence electrons. The number of benzene rings is 1. The molecule has 0 aliphatic carbocycles. The Morgan fingerprint density at radius 3 is 2.67 bits per heavy atom. The van der Waals surface area contributed by atoms with Crippen LogP contribution in [-0.4, -0.2) is 23.9 Å². The van der Waals surface area contributed by atoms with Crippen molar-refractivity contribution in [2.24, 2.45) is 11.1 Å². The molecule has 1 aromatic rings. The summed E-state index contributed by atoms with van der Waals surface area (Å²) in [6.45, 7) is 0.609. The van der Waals surface area contributed by atoms with Gasteiger partial charge < -0.3 is 15.6 Å². The maximum Gasteiger partial charge on any atom is 0.0796 e. The lowest BCUT2D eigenvalue weighted by molar-refractivity contribution is 0.0295. The molecular formula is C15H21NO2. The molecule has 0 spiro atoms. The normalized spacial score (nSPS) is 35.9. The molecule has 2 aliphatic heterocycles. The molecule has 0 saturated carbocycles. The van der Waals surface area contributed by atoms with Gasteiger partial charge in [0.25, 0.3) is 0 Å². The predicted octanol–water partition coefficient (Wildman–Crippen LogP) is 2.01. The van der Waals surface area contributed by atoms with Crippen LogP contribution in [0.4, 0.5) is 0 Å². The van der Waals surface area contributed by atoms with Crippen molar-refractivity contribution in [1.82, 2.24) is 0 Å². The molecule has 2 aliphatic rings. The van der Waals surface area contributed by atoms with Gasteiger partial charge in [0, 0.05) is 12.0 Å². The van der Waals surface area contributed by atoms with E-state index in [1.165, 1.54) is 0 Å². The summed E-state index contributed by atoms with van der Waals surface area (Å²) in [5.74, 6) is 0. The maximum absolute atomic E-state index is 10.4. The van der Waals surface area contributed by atoms with Crippen LogP contribution in [0.1, 0.15) is 37.4 Å². The summed E-state index contributed by atoms with van der Waals surface area (Å²) in [4.78, 5) is 0. The number of aliphatic hydroxyl groups is 1. The molecule has 4 atom stereocenters. The van der Waals surface area contributed by atoms with Crippen molar-refractivity contribution < 1.29 is 9.84 Å². The Morgan fingerprint density at radius 1 is 1.33 bits per heavy atom. The van der Waals surface area contributed by atoms with Crippen molar-refractivity contribution in [2.75, 3.05) is 6.54 Å². The van der Waals surface area contributed by atoms with E-state index in [1.54, 1.807) is 0 Å². The second kappa shape index (κ2) is 4.65. The minimum absolute atomic E-state index is 0.0157. The molecule has 2 bridgehead atoms. The molecule has 3 nitrogen and oxygen atoms in total. The van der Waals surface area contributed by atoms with Crippen LogP contribution in [-0.2, 0) is 4.74 Å². The molecule has 2 fully saturated rings. The Bertz CT molecular complexity index is 408. The van der Waals surface area contributed by atoms with Gasteiger partial charge in [-0.3, -0.25) is 0 Å². The van der Waals surface area contributed by atoms with E-state index < -0.39 is 6.10 Å². The summed E-state index contributed by atoms with van der Waals surface area (Å²) in [5.41, 5.74) is 6.95. The first-order valence-electron chi connectivity index (χ1n) is 6.82. The van der Waals surface area contributed by atoms with Crippen LogP contribution in [0.5, 0.6) is 0 Å². The number of hydrogen-bond donors (Lipinski definition) is 2. The van der Waals surface area contributed by atoms with Gasteiger partial charge in [0.2, 0.25) is 0 Å². The second-order valence-electron chi connectivity index (χ2n) is 5.73. The van der Waals surface area contributed by atoms with Crippen molar-refractivity contribution in [3.05, 3.63) is 35.9 Å². The molecule has 0 aromatic heterocycles. The number of aliphatic hydroxyl groups excluding tert-OH is 1. The smallest absolute Gasteiger partial charge is 0.0796 e. The fourth-order valence-corrected chi connectivity index (χ4v) is 3.58. The monoisotopic (exact) mass is 247 g/mol. The minimum Gasteiger partial charge on any atom is -0.388 e. The fourth-order valence-electron chi connectivity index (χ4n) is 3.58. The molecule has 2 heterocycles. The van der Waals surface area contributed by atoms with Crippen LogP contribution < -0.4 is 5.73 Å². The molecule has 1 aromatic carbocycles. The van der Waals surface area contributed by atoms with Crippen molar-refractivity contribution in [2.45, 2.75) is 44.0 Å². The molecular weight excluding hydrogens is 226 g/mol. The molecule has 3 N–H and O–H groups in total. The lowest BCUT2D eigenvalue weighted by Gasteiger charge is -2.36. The second-order valence-corrected chi connectivity index (χ2v) is 5.73. The van der Waals surface area contributed by atoms with E-state index in [0.29, 0.717) is 19.1 Å². The third-order valence-corrected chi connectivity index (χ3v) is 4.62. The van der Waals surface area contributed by atoms with Crippen molar-refractivity contribution in [3.8, 4) is 0 Å². The first-order valence-corrected chi connectivity index (χ1v) is 6.82. The molecule has 0 radical (unpaired) electrons. The van der Waals surface area contributed by atoms with E-state index in [1.807, 2.05) is 30.3 Å². The summed E-state index contributed by atoms with van der Waals surface area (Å²) >= 11 is 0. The average molecular weight is 247 g/mol. The zero-order valence-corrected chi connectivity index (χ0v) is 10.6. The third-order valence-electron chi connectivity index (χ3n) is 4.62. The first-order chi connectivity index (χ1) is 8.73. The Hall–Kier alpha value is -0.900. The van der Waals surface area contributed by atoms with Gasteiger partial charge in [-0.1, -0.05) is 30.3 Å². The largest absolute Gasteiger partial charge is 0.388 e. The Kier molecular flexibility index (Phi) is 3.14. The highest BCUT2D eigenvalue weighted by molar-refractivity contribution is 5.18. The summed E-state index contributed by atoms with van der Waals surface area (Å²) < 4.78 is 5.92. The summed E-state index contributed by atoms with van der Waals surface area (Å²) in [7, 11) is 0. The number of nitrogens with two attached hydrogens (primary N) is 1. The van der Waals surface area contributed by atoms with E-state index in [9.17, 15) is 5.11 Å². The third kappa shape index (κ3) is 1.96. The van der Waals surface area contributed by atoms with Crippen LogP contribution in [0.25, 0.3) is 0 Å². The van der Waals surface area contributed by atoms with Crippen LogP contribution in [0.3, 0.4) is 0 Å². The van der Waals surface area contributed by atoms with E-state index in [2.05, 4.69) is 0 Å². The Balaban J connectivity index is 1.75. The Morgan fingerprint density at radius 2 is 2.11 bits per heavy atom. The topological polar surface area (TPSA) is 55.5 Å². The molecule has 18 heavy (non-hydrogen) atoms. The minimum atomic E-state index is -0.433. The van der Waals surface area contributed by atoms with E-state index in [4.69, 9.17) is 10.5 Å². The van der Waals surface area contributed by atoms with Gasteiger partial charge in [0.05, 0.1) is 18.3 Å². The van der Waals surface area contributed by atoms with Gasteiger partial charge in [-0.15, -0.1) is 0 Å². The van der Waals surface area contributed by atoms with Crippen LogP contribution in [0.15, 0.2) is 30.3 Å². The lowest BCUT2D eigenvalue weighted by atomic mass is 9.70. The SMILES string of the molecule is NCC1(CC(O)c2ccccc2)CC2CCC1O2. The van der Waals surface area contributed by atoms with E-state index >= 15 is 0 Å². The predicted molar refractivity (Wildman–Crippen MR) is 70.0 cm³/mol.